The van der Waals surface area contributed by atoms with E-state index in [1.807, 2.05) is 6.08 Å². The van der Waals surface area contributed by atoms with Crippen molar-refractivity contribution in [3.05, 3.63) is 30.4 Å². The van der Waals surface area contributed by atoms with E-state index in [9.17, 15) is 13.2 Å². The van der Waals surface area contributed by atoms with Crippen LogP contribution in [0, 0.1) is 5.92 Å². The quantitative estimate of drug-likeness (QED) is 0.589. The molecule has 0 saturated heterocycles. The summed E-state index contributed by atoms with van der Waals surface area (Å²) in [5, 5.41) is 16.5. The number of rotatable bonds is 7. The van der Waals surface area contributed by atoms with Crippen molar-refractivity contribution in [1.29, 1.82) is 0 Å². The second-order valence-electron chi connectivity index (χ2n) is 5.35. The largest absolute Gasteiger partial charge is 0.480 e. The molecule has 9 heteroatoms. The summed E-state index contributed by atoms with van der Waals surface area (Å²) in [6, 6.07) is 0. The Hall–Kier alpha value is -1.71. The van der Waals surface area contributed by atoms with Crippen molar-refractivity contribution in [2.45, 2.75) is 31.2 Å². The average Bonchev–Trinajstić information content (AvgIpc) is 2.85. The number of aliphatic carboxylic acids is 1. The second-order valence-corrected chi connectivity index (χ2v) is 7.13. The highest BCUT2D eigenvalue weighted by Crippen LogP contribution is 2.20. The number of nitrogens with one attached hydrogen (secondary N) is 1. The lowest BCUT2D eigenvalue weighted by Crippen LogP contribution is -2.32. The molecule has 1 aromatic heterocycles. The van der Waals surface area contributed by atoms with Gasteiger partial charge in [0, 0.05) is 18.9 Å². The molecule has 4 N–H and O–H groups in total. The van der Waals surface area contributed by atoms with E-state index in [1.165, 1.54) is 0 Å². The van der Waals surface area contributed by atoms with Gasteiger partial charge in [-0.3, -0.25) is 4.79 Å². The SMILES string of the molecule is NS(=O)(=O)C1C=CC(CNCc2nccn2CC(=O)O)CC1. The van der Waals surface area contributed by atoms with Gasteiger partial charge in [0.15, 0.2) is 0 Å². The molecule has 1 aliphatic carbocycles. The van der Waals surface area contributed by atoms with Gasteiger partial charge in [0.1, 0.15) is 12.4 Å². The van der Waals surface area contributed by atoms with Crippen molar-refractivity contribution in [1.82, 2.24) is 14.9 Å². The van der Waals surface area contributed by atoms with E-state index >= 15 is 0 Å². The molecule has 0 radical (unpaired) electrons. The molecular formula is C13H20N4O4S. The summed E-state index contributed by atoms with van der Waals surface area (Å²) in [6.07, 6.45) is 7.98. The van der Waals surface area contributed by atoms with Gasteiger partial charge in [-0.05, 0) is 18.8 Å². The zero-order chi connectivity index (χ0) is 16.2. The van der Waals surface area contributed by atoms with Gasteiger partial charge in [0.25, 0.3) is 0 Å². The van der Waals surface area contributed by atoms with Crippen LogP contribution in [0.3, 0.4) is 0 Å². The minimum atomic E-state index is -3.50. The molecule has 1 aromatic rings. The lowest BCUT2D eigenvalue weighted by Gasteiger charge is -2.21. The Balaban J connectivity index is 1.81. The molecular weight excluding hydrogens is 308 g/mol. The van der Waals surface area contributed by atoms with E-state index in [-0.39, 0.29) is 12.5 Å². The van der Waals surface area contributed by atoms with Gasteiger partial charge in [-0.15, -0.1) is 0 Å². The Bertz CT molecular complexity index is 653. The van der Waals surface area contributed by atoms with Crippen molar-refractivity contribution in [2.75, 3.05) is 6.54 Å². The average molecular weight is 328 g/mol. The number of nitrogens with two attached hydrogens (primary N) is 1. The Labute approximate surface area is 129 Å². The van der Waals surface area contributed by atoms with Crippen LogP contribution in [0.2, 0.25) is 0 Å². The molecule has 0 amide bonds. The molecule has 22 heavy (non-hydrogen) atoms. The lowest BCUT2D eigenvalue weighted by molar-refractivity contribution is -0.137. The summed E-state index contributed by atoms with van der Waals surface area (Å²) in [5.41, 5.74) is 0. The van der Waals surface area contributed by atoms with E-state index in [0.717, 1.165) is 6.42 Å². The number of carboxylic acid groups (broad SMARTS) is 1. The zero-order valence-electron chi connectivity index (χ0n) is 12.1. The van der Waals surface area contributed by atoms with Crippen LogP contribution in [-0.4, -0.2) is 40.8 Å². The monoisotopic (exact) mass is 328 g/mol. The van der Waals surface area contributed by atoms with E-state index in [1.54, 1.807) is 23.0 Å². The number of imidazole rings is 1. The molecule has 122 valence electrons. The Morgan fingerprint density at radius 2 is 2.23 bits per heavy atom. The normalized spacial score (nSPS) is 21.9. The molecule has 2 rings (SSSR count). The highest BCUT2D eigenvalue weighted by atomic mass is 32.2. The van der Waals surface area contributed by atoms with Crippen molar-refractivity contribution in [3.8, 4) is 0 Å². The molecule has 8 nitrogen and oxygen atoms in total. The first-order valence-corrected chi connectivity index (χ1v) is 8.59. The van der Waals surface area contributed by atoms with E-state index in [4.69, 9.17) is 10.2 Å². The third kappa shape index (κ3) is 4.65. The van der Waals surface area contributed by atoms with Crippen LogP contribution in [0.25, 0.3) is 0 Å². The molecule has 0 spiro atoms. The highest BCUT2D eigenvalue weighted by Gasteiger charge is 2.23. The van der Waals surface area contributed by atoms with E-state index in [0.29, 0.717) is 25.3 Å². The first-order valence-electron chi connectivity index (χ1n) is 6.98. The molecule has 1 heterocycles. The second kappa shape index (κ2) is 7.03. The topological polar surface area (TPSA) is 127 Å². The fourth-order valence-corrected chi connectivity index (χ4v) is 3.24. The number of hydrogen-bond donors (Lipinski definition) is 3. The van der Waals surface area contributed by atoms with Gasteiger partial charge in [-0.2, -0.15) is 0 Å². The molecule has 2 atom stereocenters. The third-order valence-electron chi connectivity index (χ3n) is 3.64. The highest BCUT2D eigenvalue weighted by molar-refractivity contribution is 7.89. The smallest absolute Gasteiger partial charge is 0.323 e. The minimum Gasteiger partial charge on any atom is -0.480 e. The standard InChI is InChI=1S/C13H20N4O4S/c14-22(20,21)11-3-1-10(2-4-11)7-15-8-12-16-5-6-17(12)9-13(18)19/h1,3,5-6,10-11,15H,2,4,7-9H2,(H,18,19)(H2,14,20,21). The molecule has 0 bridgehead atoms. The minimum absolute atomic E-state index is 0.115. The Kier molecular flexibility index (Phi) is 5.33. The third-order valence-corrected chi connectivity index (χ3v) is 4.88. The van der Waals surface area contributed by atoms with Crippen molar-refractivity contribution in [2.24, 2.45) is 11.1 Å². The maximum Gasteiger partial charge on any atom is 0.323 e. The van der Waals surface area contributed by atoms with Crippen LogP contribution < -0.4 is 10.5 Å². The predicted octanol–water partition coefficient (Wildman–Crippen LogP) is -0.319. The van der Waals surface area contributed by atoms with E-state index in [2.05, 4.69) is 10.3 Å². The van der Waals surface area contributed by atoms with Gasteiger partial charge in [-0.1, -0.05) is 12.2 Å². The molecule has 1 aliphatic rings. The lowest BCUT2D eigenvalue weighted by atomic mass is 9.95. The summed E-state index contributed by atoms with van der Waals surface area (Å²) in [6.45, 7) is 1.02. The van der Waals surface area contributed by atoms with Crippen LogP contribution in [0.5, 0.6) is 0 Å². The zero-order valence-corrected chi connectivity index (χ0v) is 12.9. The number of nitrogens with zero attached hydrogens (tertiary/aromatic N) is 2. The van der Waals surface area contributed by atoms with Gasteiger partial charge in [0.2, 0.25) is 10.0 Å². The van der Waals surface area contributed by atoms with Crippen LogP contribution in [0.1, 0.15) is 18.7 Å². The number of primary sulfonamides is 1. The molecule has 0 saturated carbocycles. The number of carbonyl (C=O) groups is 1. The van der Waals surface area contributed by atoms with Crippen LogP contribution in [0.4, 0.5) is 0 Å². The predicted molar refractivity (Wildman–Crippen MR) is 80.3 cm³/mol. The molecule has 0 aromatic carbocycles. The van der Waals surface area contributed by atoms with Gasteiger partial charge in [0.05, 0.1) is 11.8 Å². The number of aromatic nitrogens is 2. The molecule has 0 fully saturated rings. The van der Waals surface area contributed by atoms with Gasteiger partial charge in [-0.25, -0.2) is 18.5 Å². The summed E-state index contributed by atoms with van der Waals surface area (Å²) in [5.74, 6) is -0.0195. The summed E-state index contributed by atoms with van der Waals surface area (Å²) in [4.78, 5) is 14.8. The van der Waals surface area contributed by atoms with Crippen molar-refractivity contribution in [3.63, 3.8) is 0 Å². The van der Waals surface area contributed by atoms with Crippen LogP contribution >= 0.6 is 0 Å². The summed E-state index contributed by atoms with van der Waals surface area (Å²) in [7, 11) is -3.50. The van der Waals surface area contributed by atoms with Crippen molar-refractivity contribution >= 4 is 16.0 Å². The Morgan fingerprint density at radius 3 is 2.82 bits per heavy atom. The summed E-state index contributed by atoms with van der Waals surface area (Å²) >= 11 is 0. The fourth-order valence-electron chi connectivity index (χ4n) is 2.46. The number of carboxylic acids is 1. The summed E-state index contributed by atoms with van der Waals surface area (Å²) < 4.78 is 24.1. The van der Waals surface area contributed by atoms with E-state index < -0.39 is 21.2 Å². The first kappa shape index (κ1) is 16.7. The maximum absolute atomic E-state index is 11.2. The Morgan fingerprint density at radius 1 is 1.45 bits per heavy atom. The molecule has 2 unspecified atom stereocenters. The fraction of sp³-hybridized carbons (Fsp3) is 0.538. The number of hydrogen-bond acceptors (Lipinski definition) is 5. The van der Waals surface area contributed by atoms with Crippen molar-refractivity contribution < 1.29 is 18.3 Å². The van der Waals surface area contributed by atoms with Gasteiger partial charge < -0.3 is 15.0 Å². The molecule has 0 aliphatic heterocycles. The van der Waals surface area contributed by atoms with Crippen LogP contribution in [0.15, 0.2) is 24.5 Å². The number of sulfonamides is 1. The first-order chi connectivity index (χ1) is 10.4. The maximum atomic E-state index is 11.2. The van der Waals surface area contributed by atoms with Crippen LogP contribution in [-0.2, 0) is 27.9 Å². The van der Waals surface area contributed by atoms with Gasteiger partial charge >= 0.3 is 5.97 Å².